The van der Waals surface area contributed by atoms with Crippen LogP contribution in [-0.4, -0.2) is 19.5 Å². The first kappa shape index (κ1) is 31.5. The van der Waals surface area contributed by atoms with Gasteiger partial charge in [0.15, 0.2) is 17.5 Å². The SMILES string of the molecule is c1ccc(-c2ccc3c4ccccc4n(-c4ccc(-c5nc(-c6ccc7c(c6)oc6ccccc67)nc(-c6cccc7oc8ccccc8c67)n5)cc4)c3c2)cc1. The molecule has 4 heterocycles. The van der Waals surface area contributed by atoms with Gasteiger partial charge in [0.2, 0.25) is 0 Å². The van der Waals surface area contributed by atoms with E-state index in [0.717, 1.165) is 77.3 Å². The number of hydrogen-bond acceptors (Lipinski definition) is 5. The van der Waals surface area contributed by atoms with Crippen molar-refractivity contribution in [3.05, 3.63) is 182 Å². The molecule has 0 bridgehead atoms. The van der Waals surface area contributed by atoms with Crippen LogP contribution in [0.4, 0.5) is 0 Å². The van der Waals surface area contributed by atoms with Gasteiger partial charge in [-0.1, -0.05) is 115 Å². The molecule has 0 unspecified atom stereocenters. The number of aromatic nitrogens is 4. The highest BCUT2D eigenvalue weighted by atomic mass is 16.3. The summed E-state index contributed by atoms with van der Waals surface area (Å²) in [4.78, 5) is 15.5. The number of fused-ring (bicyclic) bond motifs is 9. The van der Waals surface area contributed by atoms with Crippen molar-refractivity contribution in [3.63, 3.8) is 0 Å². The van der Waals surface area contributed by atoms with Gasteiger partial charge in [-0.2, -0.15) is 0 Å². The van der Waals surface area contributed by atoms with E-state index in [-0.39, 0.29) is 0 Å². The number of nitrogens with zero attached hydrogens (tertiary/aromatic N) is 4. The van der Waals surface area contributed by atoms with Crippen LogP contribution in [0.2, 0.25) is 0 Å². The molecule has 8 aromatic carbocycles. The van der Waals surface area contributed by atoms with E-state index in [2.05, 4.69) is 132 Å². The van der Waals surface area contributed by atoms with Gasteiger partial charge in [-0.25, -0.2) is 15.0 Å². The van der Waals surface area contributed by atoms with Gasteiger partial charge in [-0.15, -0.1) is 0 Å². The molecule has 0 atom stereocenters. The fraction of sp³-hybridized carbons (Fsp3) is 0. The van der Waals surface area contributed by atoms with Crippen molar-refractivity contribution in [2.75, 3.05) is 0 Å². The molecule has 0 spiro atoms. The minimum atomic E-state index is 0.557. The summed E-state index contributed by atoms with van der Waals surface area (Å²) in [6.07, 6.45) is 0. The maximum Gasteiger partial charge on any atom is 0.164 e. The van der Waals surface area contributed by atoms with Crippen molar-refractivity contribution in [1.29, 1.82) is 0 Å². The van der Waals surface area contributed by atoms with E-state index in [9.17, 15) is 0 Å². The second-order valence-corrected chi connectivity index (χ2v) is 14.4. The quantitative estimate of drug-likeness (QED) is 0.176. The number of hydrogen-bond donors (Lipinski definition) is 0. The van der Waals surface area contributed by atoms with Gasteiger partial charge in [0.25, 0.3) is 0 Å². The molecule has 6 nitrogen and oxygen atoms in total. The summed E-state index contributed by atoms with van der Waals surface area (Å²) >= 11 is 0. The molecule has 0 N–H and O–H groups in total. The molecule has 0 fully saturated rings. The van der Waals surface area contributed by atoms with Crippen molar-refractivity contribution < 1.29 is 8.83 Å². The predicted octanol–water partition coefficient (Wildman–Crippen LogP) is 13.4. The highest BCUT2D eigenvalue weighted by molar-refractivity contribution is 6.12. The third-order valence-electron chi connectivity index (χ3n) is 11.1. The Labute approximate surface area is 325 Å². The number of para-hydroxylation sites is 3. The zero-order valence-electron chi connectivity index (χ0n) is 30.4. The van der Waals surface area contributed by atoms with E-state index in [1.807, 2.05) is 54.6 Å². The van der Waals surface area contributed by atoms with Crippen LogP contribution in [0.15, 0.2) is 191 Å². The van der Waals surface area contributed by atoms with Crippen LogP contribution in [0.25, 0.3) is 117 Å². The zero-order chi connectivity index (χ0) is 37.5. The summed E-state index contributed by atoms with van der Waals surface area (Å²) in [5.74, 6) is 1.70. The molecule has 12 aromatic rings. The van der Waals surface area contributed by atoms with Crippen molar-refractivity contribution in [1.82, 2.24) is 19.5 Å². The Balaban J connectivity index is 1.04. The molecule has 6 heteroatoms. The number of benzene rings is 8. The zero-order valence-corrected chi connectivity index (χ0v) is 30.4. The fourth-order valence-corrected chi connectivity index (χ4v) is 8.40. The highest BCUT2D eigenvalue weighted by Gasteiger charge is 2.19. The average Bonchev–Trinajstić information content (AvgIpc) is 3.95. The van der Waals surface area contributed by atoms with Gasteiger partial charge in [-0.3, -0.25) is 0 Å². The Hall–Kier alpha value is -7.83. The Morgan fingerprint density at radius 1 is 0.333 bits per heavy atom. The lowest BCUT2D eigenvalue weighted by atomic mass is 10.0. The van der Waals surface area contributed by atoms with E-state index in [1.54, 1.807) is 0 Å². The van der Waals surface area contributed by atoms with Crippen molar-refractivity contribution in [2.24, 2.45) is 0 Å². The monoisotopic (exact) mass is 730 g/mol. The minimum absolute atomic E-state index is 0.557. The van der Waals surface area contributed by atoms with E-state index >= 15 is 0 Å². The van der Waals surface area contributed by atoms with Crippen LogP contribution in [0.3, 0.4) is 0 Å². The summed E-state index contributed by atoms with van der Waals surface area (Å²) in [7, 11) is 0. The molecule has 57 heavy (non-hydrogen) atoms. The van der Waals surface area contributed by atoms with Gasteiger partial charge < -0.3 is 13.4 Å². The minimum Gasteiger partial charge on any atom is -0.456 e. The molecular weight excluding hydrogens is 701 g/mol. The van der Waals surface area contributed by atoms with Gasteiger partial charge in [0.1, 0.15) is 22.3 Å². The Bertz CT molecular complexity index is 3520. The number of furan rings is 2. The Kier molecular flexibility index (Phi) is 6.83. The first-order valence-electron chi connectivity index (χ1n) is 19.0. The topological polar surface area (TPSA) is 69.9 Å². The van der Waals surface area contributed by atoms with Gasteiger partial charge in [-0.05, 0) is 77.9 Å². The maximum absolute atomic E-state index is 6.30. The average molecular weight is 731 g/mol. The standard InChI is InChI=1S/C51H30N4O2/c1-2-11-31(12-3-1)33-23-27-37-36-13-4-7-17-42(36)55(43(37)29-33)35-25-21-32(22-26-35)49-52-50(34-24-28-39-38-14-5-8-18-44(38)57-47(39)30-34)54-51(53-49)41-16-10-20-46-48(41)40-15-6-9-19-45(40)56-46/h1-30H. The summed E-state index contributed by atoms with van der Waals surface area (Å²) in [5, 5.41) is 6.54. The largest absolute Gasteiger partial charge is 0.456 e. The molecule has 0 aliphatic carbocycles. The third kappa shape index (κ3) is 5.01. The van der Waals surface area contributed by atoms with Crippen LogP contribution in [0.1, 0.15) is 0 Å². The van der Waals surface area contributed by atoms with Gasteiger partial charge >= 0.3 is 0 Å². The summed E-state index contributed by atoms with van der Waals surface area (Å²) in [6, 6.07) is 62.8. The van der Waals surface area contributed by atoms with E-state index in [4.69, 9.17) is 23.8 Å². The molecular formula is C51H30N4O2. The molecule has 0 amide bonds. The second-order valence-electron chi connectivity index (χ2n) is 14.4. The molecule has 0 radical (unpaired) electrons. The van der Waals surface area contributed by atoms with Crippen molar-refractivity contribution >= 4 is 65.7 Å². The van der Waals surface area contributed by atoms with E-state index in [0.29, 0.717) is 17.5 Å². The Morgan fingerprint density at radius 2 is 0.912 bits per heavy atom. The molecule has 0 aliphatic heterocycles. The first-order valence-corrected chi connectivity index (χ1v) is 19.0. The molecule has 4 aromatic heterocycles. The Morgan fingerprint density at radius 3 is 1.75 bits per heavy atom. The summed E-state index contributed by atoms with van der Waals surface area (Å²) in [6.45, 7) is 0. The van der Waals surface area contributed by atoms with Gasteiger partial charge in [0, 0.05) is 54.7 Å². The molecule has 266 valence electrons. The smallest absolute Gasteiger partial charge is 0.164 e. The lowest BCUT2D eigenvalue weighted by Gasteiger charge is -2.11. The number of rotatable bonds is 5. The second kappa shape index (κ2) is 12.3. The molecule has 0 saturated carbocycles. The molecule has 0 saturated heterocycles. The normalized spacial score (nSPS) is 11.9. The maximum atomic E-state index is 6.30. The molecule has 0 aliphatic rings. The van der Waals surface area contributed by atoms with Crippen molar-refractivity contribution in [2.45, 2.75) is 0 Å². The summed E-state index contributed by atoms with van der Waals surface area (Å²) < 4.78 is 14.9. The van der Waals surface area contributed by atoms with E-state index in [1.165, 1.54) is 21.9 Å². The predicted molar refractivity (Wildman–Crippen MR) is 230 cm³/mol. The molecule has 12 rings (SSSR count). The first-order chi connectivity index (χ1) is 28.2. The van der Waals surface area contributed by atoms with Crippen LogP contribution < -0.4 is 0 Å². The van der Waals surface area contributed by atoms with Crippen LogP contribution in [0.5, 0.6) is 0 Å². The van der Waals surface area contributed by atoms with Crippen LogP contribution in [-0.2, 0) is 0 Å². The van der Waals surface area contributed by atoms with Gasteiger partial charge in [0.05, 0.1) is 11.0 Å². The lowest BCUT2D eigenvalue weighted by Crippen LogP contribution is -2.01. The summed E-state index contributed by atoms with van der Waals surface area (Å²) in [5.41, 5.74) is 11.5. The van der Waals surface area contributed by atoms with Crippen molar-refractivity contribution in [3.8, 4) is 51.0 Å². The lowest BCUT2D eigenvalue weighted by molar-refractivity contribution is 0.668. The van der Waals surface area contributed by atoms with E-state index < -0.39 is 0 Å². The fourth-order valence-electron chi connectivity index (χ4n) is 8.40. The van der Waals surface area contributed by atoms with Crippen LogP contribution >= 0.6 is 0 Å². The van der Waals surface area contributed by atoms with Crippen LogP contribution in [0, 0.1) is 0 Å². The highest BCUT2D eigenvalue weighted by Crippen LogP contribution is 2.39. The third-order valence-corrected chi connectivity index (χ3v) is 11.1.